The average Bonchev–Trinajstić information content (AvgIpc) is 2.66. The predicted molar refractivity (Wildman–Crippen MR) is 77.1 cm³/mol. The first-order chi connectivity index (χ1) is 8.99. The zero-order chi connectivity index (χ0) is 14.0. The maximum atomic E-state index is 11.9. The minimum atomic E-state index is -0.321. The van der Waals surface area contributed by atoms with E-state index in [9.17, 15) is 4.79 Å². The molecule has 0 saturated heterocycles. The fraction of sp³-hybridized carbons (Fsp3) is 0.429. The van der Waals surface area contributed by atoms with Crippen molar-refractivity contribution in [2.24, 2.45) is 7.05 Å². The molecule has 5 nitrogen and oxygen atoms in total. The fourth-order valence-corrected chi connectivity index (χ4v) is 1.94. The lowest BCUT2D eigenvalue weighted by atomic mass is 10.3. The molecule has 1 unspecified atom stereocenters. The van der Waals surface area contributed by atoms with Gasteiger partial charge < -0.3 is 15.2 Å². The number of rotatable bonds is 4. The van der Waals surface area contributed by atoms with Crippen LogP contribution in [0.25, 0.3) is 11.0 Å². The number of fused-ring (bicyclic) bond motifs is 1. The van der Waals surface area contributed by atoms with Crippen molar-refractivity contribution in [3.8, 4) is 0 Å². The molecule has 19 heavy (non-hydrogen) atoms. The third-order valence-corrected chi connectivity index (χ3v) is 2.96. The van der Waals surface area contributed by atoms with Crippen molar-refractivity contribution in [2.45, 2.75) is 32.9 Å². The van der Waals surface area contributed by atoms with Crippen LogP contribution in [0.15, 0.2) is 24.3 Å². The summed E-state index contributed by atoms with van der Waals surface area (Å²) in [5.41, 5.74) is 1.96. The number of carbonyl (C=O) groups is 1. The SMILES string of the molecule is CC(C)NC(=O)C(C)Nc1nc2ccccc2n1C. The van der Waals surface area contributed by atoms with Crippen LogP contribution in [0.5, 0.6) is 0 Å². The van der Waals surface area contributed by atoms with E-state index in [2.05, 4.69) is 15.6 Å². The summed E-state index contributed by atoms with van der Waals surface area (Å²) in [6.45, 7) is 5.72. The Kier molecular flexibility index (Phi) is 3.74. The molecular formula is C14H20N4O. The molecule has 0 radical (unpaired) electrons. The Balaban J connectivity index is 2.17. The lowest BCUT2D eigenvalue weighted by Crippen LogP contribution is -2.41. The molecule has 2 N–H and O–H groups in total. The van der Waals surface area contributed by atoms with Crippen molar-refractivity contribution in [1.82, 2.24) is 14.9 Å². The molecule has 1 atom stereocenters. The van der Waals surface area contributed by atoms with Crippen LogP contribution in [0.2, 0.25) is 0 Å². The summed E-state index contributed by atoms with van der Waals surface area (Å²) in [6.07, 6.45) is 0. The number of nitrogens with one attached hydrogen (secondary N) is 2. The molecule has 5 heteroatoms. The molecule has 0 aliphatic heterocycles. The van der Waals surface area contributed by atoms with Crippen molar-refractivity contribution in [1.29, 1.82) is 0 Å². The van der Waals surface area contributed by atoms with Crippen LogP contribution in [0, 0.1) is 0 Å². The molecule has 102 valence electrons. The summed E-state index contributed by atoms with van der Waals surface area (Å²) in [6, 6.07) is 7.71. The van der Waals surface area contributed by atoms with Crippen molar-refractivity contribution in [3.05, 3.63) is 24.3 Å². The Morgan fingerprint density at radius 1 is 1.26 bits per heavy atom. The van der Waals surface area contributed by atoms with Crippen LogP contribution in [0.1, 0.15) is 20.8 Å². The number of hydrogen-bond donors (Lipinski definition) is 2. The number of carbonyl (C=O) groups excluding carboxylic acids is 1. The summed E-state index contributed by atoms with van der Waals surface area (Å²) in [5, 5.41) is 6.02. The van der Waals surface area contributed by atoms with Crippen LogP contribution < -0.4 is 10.6 Å². The Morgan fingerprint density at radius 2 is 1.95 bits per heavy atom. The number of imidazole rings is 1. The summed E-state index contributed by atoms with van der Waals surface area (Å²) in [5.74, 6) is 0.676. The fourth-order valence-electron chi connectivity index (χ4n) is 1.94. The molecule has 1 amide bonds. The van der Waals surface area contributed by atoms with Gasteiger partial charge in [-0.15, -0.1) is 0 Å². The van der Waals surface area contributed by atoms with Gasteiger partial charge in [0, 0.05) is 13.1 Å². The van der Waals surface area contributed by atoms with E-state index in [0.29, 0.717) is 5.95 Å². The van der Waals surface area contributed by atoms with Gasteiger partial charge in [0.05, 0.1) is 11.0 Å². The highest BCUT2D eigenvalue weighted by Gasteiger charge is 2.16. The number of hydrogen-bond acceptors (Lipinski definition) is 3. The van der Waals surface area contributed by atoms with Crippen molar-refractivity contribution in [2.75, 3.05) is 5.32 Å². The molecule has 0 spiro atoms. The van der Waals surface area contributed by atoms with Crippen molar-refractivity contribution < 1.29 is 4.79 Å². The molecule has 0 aliphatic carbocycles. The van der Waals surface area contributed by atoms with E-state index in [4.69, 9.17) is 0 Å². The molecule has 0 saturated carbocycles. The maximum Gasteiger partial charge on any atom is 0.242 e. The molecule has 0 bridgehead atoms. The zero-order valence-electron chi connectivity index (χ0n) is 11.8. The Labute approximate surface area is 113 Å². The van der Waals surface area contributed by atoms with E-state index in [1.165, 1.54) is 0 Å². The second-order valence-corrected chi connectivity index (χ2v) is 5.01. The van der Waals surface area contributed by atoms with Gasteiger partial charge in [0.1, 0.15) is 6.04 Å². The largest absolute Gasteiger partial charge is 0.352 e. The van der Waals surface area contributed by atoms with Crippen LogP contribution >= 0.6 is 0 Å². The number of aryl methyl sites for hydroxylation is 1. The Bertz CT molecular complexity index is 588. The monoisotopic (exact) mass is 260 g/mol. The van der Waals surface area contributed by atoms with Gasteiger partial charge in [-0.25, -0.2) is 4.98 Å². The third kappa shape index (κ3) is 2.86. The topological polar surface area (TPSA) is 59.0 Å². The number of amides is 1. The first-order valence-electron chi connectivity index (χ1n) is 6.47. The van der Waals surface area contributed by atoms with E-state index in [1.54, 1.807) is 0 Å². The van der Waals surface area contributed by atoms with Gasteiger partial charge in [-0.3, -0.25) is 4.79 Å². The van der Waals surface area contributed by atoms with Crippen molar-refractivity contribution in [3.63, 3.8) is 0 Å². The second kappa shape index (κ2) is 5.30. The van der Waals surface area contributed by atoms with Crippen LogP contribution in [-0.4, -0.2) is 27.5 Å². The predicted octanol–water partition coefficient (Wildman–Crippen LogP) is 1.90. The van der Waals surface area contributed by atoms with Gasteiger partial charge in [-0.1, -0.05) is 12.1 Å². The van der Waals surface area contributed by atoms with E-state index in [-0.39, 0.29) is 18.0 Å². The highest BCUT2D eigenvalue weighted by atomic mass is 16.2. The first-order valence-corrected chi connectivity index (χ1v) is 6.47. The Morgan fingerprint density at radius 3 is 2.58 bits per heavy atom. The van der Waals surface area contributed by atoms with E-state index in [1.807, 2.05) is 56.7 Å². The molecule has 1 aromatic heterocycles. The highest BCUT2D eigenvalue weighted by Crippen LogP contribution is 2.18. The number of anilines is 1. The lowest BCUT2D eigenvalue weighted by molar-refractivity contribution is -0.122. The highest BCUT2D eigenvalue weighted by molar-refractivity contribution is 5.85. The van der Waals surface area contributed by atoms with Crippen LogP contribution in [0.4, 0.5) is 5.95 Å². The minimum absolute atomic E-state index is 0.0259. The van der Waals surface area contributed by atoms with E-state index in [0.717, 1.165) is 11.0 Å². The lowest BCUT2D eigenvalue weighted by Gasteiger charge is -2.16. The quantitative estimate of drug-likeness (QED) is 0.882. The van der Waals surface area contributed by atoms with Gasteiger partial charge in [0.15, 0.2) is 0 Å². The summed E-state index contributed by atoms with van der Waals surface area (Å²) in [4.78, 5) is 16.4. The smallest absolute Gasteiger partial charge is 0.242 e. The normalized spacial score (nSPS) is 12.7. The third-order valence-electron chi connectivity index (χ3n) is 2.96. The van der Waals surface area contributed by atoms with E-state index < -0.39 is 0 Å². The maximum absolute atomic E-state index is 11.9. The number of nitrogens with zero attached hydrogens (tertiary/aromatic N) is 2. The molecule has 2 aromatic rings. The summed E-state index contributed by atoms with van der Waals surface area (Å²) < 4.78 is 1.95. The number of aromatic nitrogens is 2. The van der Waals surface area contributed by atoms with Crippen LogP contribution in [0.3, 0.4) is 0 Å². The van der Waals surface area contributed by atoms with E-state index >= 15 is 0 Å². The molecule has 1 aromatic carbocycles. The molecular weight excluding hydrogens is 240 g/mol. The zero-order valence-corrected chi connectivity index (χ0v) is 11.8. The van der Waals surface area contributed by atoms with Crippen LogP contribution in [-0.2, 0) is 11.8 Å². The number of para-hydroxylation sites is 2. The van der Waals surface area contributed by atoms with Gasteiger partial charge in [0.2, 0.25) is 11.9 Å². The molecule has 0 fully saturated rings. The summed E-state index contributed by atoms with van der Waals surface area (Å²) in [7, 11) is 1.94. The number of benzene rings is 1. The average molecular weight is 260 g/mol. The molecule has 0 aliphatic rings. The van der Waals surface area contributed by atoms with Gasteiger partial charge in [-0.2, -0.15) is 0 Å². The molecule has 1 heterocycles. The first kappa shape index (κ1) is 13.4. The molecule has 2 rings (SSSR count). The van der Waals surface area contributed by atoms with Gasteiger partial charge >= 0.3 is 0 Å². The van der Waals surface area contributed by atoms with Crippen molar-refractivity contribution >= 4 is 22.9 Å². The second-order valence-electron chi connectivity index (χ2n) is 5.01. The van der Waals surface area contributed by atoms with Gasteiger partial charge in [-0.05, 0) is 32.9 Å². The Hall–Kier alpha value is -2.04. The summed E-state index contributed by atoms with van der Waals surface area (Å²) >= 11 is 0. The van der Waals surface area contributed by atoms with Gasteiger partial charge in [0.25, 0.3) is 0 Å². The minimum Gasteiger partial charge on any atom is -0.352 e. The standard InChI is InChI=1S/C14H20N4O/c1-9(2)15-13(19)10(3)16-14-17-11-7-5-6-8-12(11)18(14)4/h5-10H,1-4H3,(H,15,19)(H,16,17).